The van der Waals surface area contributed by atoms with Crippen LogP contribution >= 0.6 is 0 Å². The number of nitrogens with zero attached hydrogens (tertiary/aromatic N) is 2. The van der Waals surface area contributed by atoms with Gasteiger partial charge in [0, 0.05) is 17.7 Å². The van der Waals surface area contributed by atoms with Gasteiger partial charge in [0.05, 0.1) is 18.4 Å². The van der Waals surface area contributed by atoms with E-state index in [1.165, 1.54) is 31.4 Å². The van der Waals surface area contributed by atoms with Crippen LogP contribution < -0.4 is 4.74 Å². The first-order chi connectivity index (χ1) is 9.55. The van der Waals surface area contributed by atoms with Gasteiger partial charge in [0.2, 0.25) is 0 Å². The fourth-order valence-electron chi connectivity index (χ4n) is 1.65. The van der Waals surface area contributed by atoms with Crippen LogP contribution in [-0.4, -0.2) is 23.2 Å². The summed E-state index contributed by atoms with van der Waals surface area (Å²) in [6.45, 7) is 0. The molecule has 0 unspecified atom stereocenters. The summed E-state index contributed by atoms with van der Waals surface area (Å²) in [6, 6.07) is 8.41. The highest BCUT2D eigenvalue weighted by atomic mass is 19.1. The lowest BCUT2D eigenvalue weighted by molar-refractivity contribution is 0.0690. The standard InChI is InChI=1S/C14H9FN2O3/c1-20-10-5-12(17-13(6-10)14(18)19)8-2-3-9(7-16)11(15)4-8/h2-6H,1H3,(H,18,19). The summed E-state index contributed by atoms with van der Waals surface area (Å²) in [5.41, 5.74) is 0.326. The van der Waals surface area contributed by atoms with E-state index < -0.39 is 11.8 Å². The van der Waals surface area contributed by atoms with Crippen LogP contribution in [0.3, 0.4) is 0 Å². The normalized spacial score (nSPS) is 9.85. The van der Waals surface area contributed by atoms with E-state index in [1.807, 2.05) is 0 Å². The smallest absolute Gasteiger partial charge is 0.354 e. The second-order valence-corrected chi connectivity index (χ2v) is 3.89. The topological polar surface area (TPSA) is 83.2 Å². The zero-order chi connectivity index (χ0) is 14.7. The van der Waals surface area contributed by atoms with E-state index >= 15 is 0 Å². The Morgan fingerprint density at radius 3 is 2.70 bits per heavy atom. The number of carbonyl (C=O) groups is 1. The Morgan fingerprint density at radius 1 is 1.40 bits per heavy atom. The maximum Gasteiger partial charge on any atom is 0.354 e. The van der Waals surface area contributed by atoms with Gasteiger partial charge < -0.3 is 9.84 Å². The molecule has 0 saturated carbocycles. The van der Waals surface area contributed by atoms with Gasteiger partial charge in [0.1, 0.15) is 17.6 Å². The Balaban J connectivity index is 2.57. The van der Waals surface area contributed by atoms with Gasteiger partial charge in [-0.1, -0.05) is 6.07 Å². The Bertz CT molecular complexity index is 723. The van der Waals surface area contributed by atoms with E-state index in [0.717, 1.165) is 6.07 Å². The van der Waals surface area contributed by atoms with Crippen molar-refractivity contribution >= 4 is 5.97 Å². The van der Waals surface area contributed by atoms with Gasteiger partial charge >= 0.3 is 5.97 Å². The minimum Gasteiger partial charge on any atom is -0.497 e. The minimum atomic E-state index is -1.21. The van der Waals surface area contributed by atoms with Gasteiger partial charge in [-0.25, -0.2) is 14.2 Å². The van der Waals surface area contributed by atoms with Crippen molar-refractivity contribution in [3.63, 3.8) is 0 Å². The SMILES string of the molecule is COc1cc(C(=O)O)nc(-c2ccc(C#N)c(F)c2)c1. The number of benzene rings is 1. The molecule has 1 heterocycles. The molecule has 0 atom stereocenters. The van der Waals surface area contributed by atoms with E-state index in [4.69, 9.17) is 15.1 Å². The summed E-state index contributed by atoms with van der Waals surface area (Å²) in [7, 11) is 1.39. The van der Waals surface area contributed by atoms with Crippen molar-refractivity contribution in [1.82, 2.24) is 4.98 Å². The molecule has 20 heavy (non-hydrogen) atoms. The molecule has 6 heteroatoms. The molecule has 0 saturated heterocycles. The predicted octanol–water partition coefficient (Wildman–Crippen LogP) is 2.47. The zero-order valence-electron chi connectivity index (χ0n) is 10.4. The number of carboxylic acid groups (broad SMARTS) is 1. The highest BCUT2D eigenvalue weighted by Gasteiger charge is 2.12. The number of ether oxygens (including phenoxy) is 1. The number of aromatic nitrogens is 1. The third-order valence-electron chi connectivity index (χ3n) is 2.64. The largest absolute Gasteiger partial charge is 0.497 e. The quantitative estimate of drug-likeness (QED) is 0.927. The van der Waals surface area contributed by atoms with Crippen LogP contribution in [0.5, 0.6) is 5.75 Å². The van der Waals surface area contributed by atoms with Crippen molar-refractivity contribution in [3.05, 3.63) is 47.4 Å². The Morgan fingerprint density at radius 2 is 2.15 bits per heavy atom. The van der Waals surface area contributed by atoms with Gasteiger partial charge in [-0.05, 0) is 12.1 Å². The summed E-state index contributed by atoms with van der Waals surface area (Å²) in [5, 5.41) is 17.7. The van der Waals surface area contributed by atoms with E-state index in [9.17, 15) is 9.18 Å². The number of aromatic carboxylic acids is 1. The molecule has 0 aliphatic rings. The van der Waals surface area contributed by atoms with Crippen molar-refractivity contribution in [2.75, 3.05) is 7.11 Å². The van der Waals surface area contributed by atoms with Crippen LogP contribution in [0.2, 0.25) is 0 Å². The molecule has 0 aliphatic heterocycles. The van der Waals surface area contributed by atoms with Gasteiger partial charge in [0.25, 0.3) is 0 Å². The number of hydrogen-bond acceptors (Lipinski definition) is 4. The lowest BCUT2D eigenvalue weighted by atomic mass is 10.1. The number of hydrogen-bond donors (Lipinski definition) is 1. The Labute approximate surface area is 113 Å². The molecule has 0 bridgehead atoms. The predicted molar refractivity (Wildman–Crippen MR) is 67.9 cm³/mol. The summed E-state index contributed by atoms with van der Waals surface area (Å²) < 4.78 is 18.6. The first-order valence-corrected chi connectivity index (χ1v) is 5.54. The lowest BCUT2D eigenvalue weighted by Gasteiger charge is -2.07. The lowest BCUT2D eigenvalue weighted by Crippen LogP contribution is -2.02. The second-order valence-electron chi connectivity index (χ2n) is 3.89. The van der Waals surface area contributed by atoms with Crippen LogP contribution in [0.25, 0.3) is 11.3 Å². The number of methoxy groups -OCH3 is 1. The van der Waals surface area contributed by atoms with Crippen molar-refractivity contribution in [2.45, 2.75) is 0 Å². The van der Waals surface area contributed by atoms with Gasteiger partial charge in [0.15, 0.2) is 5.69 Å². The first kappa shape index (κ1) is 13.5. The number of halogens is 1. The van der Waals surface area contributed by atoms with Crippen molar-refractivity contribution in [1.29, 1.82) is 5.26 Å². The molecule has 0 aliphatic carbocycles. The number of rotatable bonds is 3. The third kappa shape index (κ3) is 2.57. The van der Waals surface area contributed by atoms with E-state index in [2.05, 4.69) is 4.98 Å². The molecule has 2 aromatic rings. The third-order valence-corrected chi connectivity index (χ3v) is 2.64. The molecular formula is C14H9FN2O3. The fraction of sp³-hybridized carbons (Fsp3) is 0.0714. The highest BCUT2D eigenvalue weighted by molar-refractivity contribution is 5.86. The molecule has 0 spiro atoms. The van der Waals surface area contributed by atoms with E-state index in [1.54, 1.807) is 6.07 Å². The molecule has 1 aromatic heterocycles. The van der Waals surface area contributed by atoms with Crippen LogP contribution in [-0.2, 0) is 0 Å². The van der Waals surface area contributed by atoms with E-state index in [-0.39, 0.29) is 17.0 Å². The summed E-state index contributed by atoms with van der Waals surface area (Å²) in [6.07, 6.45) is 0. The number of carboxylic acids is 1. The average Bonchev–Trinajstić information content (AvgIpc) is 2.46. The summed E-state index contributed by atoms with van der Waals surface area (Å²) in [4.78, 5) is 14.9. The zero-order valence-corrected chi connectivity index (χ0v) is 10.4. The second kappa shape index (κ2) is 5.36. The van der Waals surface area contributed by atoms with Crippen LogP contribution in [0.15, 0.2) is 30.3 Å². The highest BCUT2D eigenvalue weighted by Crippen LogP contribution is 2.24. The van der Waals surface area contributed by atoms with Gasteiger partial charge in [-0.15, -0.1) is 0 Å². The molecule has 100 valence electrons. The van der Waals surface area contributed by atoms with Crippen molar-refractivity contribution < 1.29 is 19.0 Å². The molecular weight excluding hydrogens is 263 g/mol. The van der Waals surface area contributed by atoms with Crippen molar-refractivity contribution in [2.24, 2.45) is 0 Å². The first-order valence-electron chi connectivity index (χ1n) is 5.54. The summed E-state index contributed by atoms with van der Waals surface area (Å²) in [5.74, 6) is -1.59. The van der Waals surface area contributed by atoms with Crippen LogP contribution in [0, 0.1) is 17.1 Å². The molecule has 1 aromatic carbocycles. The fourth-order valence-corrected chi connectivity index (χ4v) is 1.65. The molecule has 0 fully saturated rings. The van der Waals surface area contributed by atoms with Crippen molar-refractivity contribution in [3.8, 4) is 23.1 Å². The van der Waals surface area contributed by atoms with Gasteiger partial charge in [-0.3, -0.25) is 0 Å². The molecule has 0 amide bonds. The van der Waals surface area contributed by atoms with Gasteiger partial charge in [-0.2, -0.15) is 5.26 Å². The monoisotopic (exact) mass is 272 g/mol. The number of nitriles is 1. The molecule has 2 rings (SSSR count). The van der Waals surface area contributed by atoms with E-state index in [0.29, 0.717) is 11.3 Å². The maximum atomic E-state index is 13.6. The molecule has 5 nitrogen and oxygen atoms in total. The minimum absolute atomic E-state index is 0.0879. The average molecular weight is 272 g/mol. The molecule has 1 N–H and O–H groups in total. The number of pyridine rings is 1. The molecule has 0 radical (unpaired) electrons. The van der Waals surface area contributed by atoms with Crippen LogP contribution in [0.1, 0.15) is 16.1 Å². The Kier molecular flexibility index (Phi) is 3.62. The Hall–Kier alpha value is -2.94. The van der Waals surface area contributed by atoms with Crippen LogP contribution in [0.4, 0.5) is 4.39 Å². The maximum absolute atomic E-state index is 13.6. The summed E-state index contributed by atoms with van der Waals surface area (Å²) >= 11 is 0.